The van der Waals surface area contributed by atoms with Crippen molar-refractivity contribution in [3.05, 3.63) is 65.7 Å². The summed E-state index contributed by atoms with van der Waals surface area (Å²) in [6.07, 6.45) is -1.53. The molecule has 0 radical (unpaired) electrons. The number of rotatable bonds is 17. The molecule has 0 aliphatic heterocycles. The summed E-state index contributed by atoms with van der Waals surface area (Å²) in [5, 5.41) is 48.1. The zero-order valence-electron chi connectivity index (χ0n) is 25.1. The molecule has 4 amide bonds. The Morgan fingerprint density at radius 3 is 2.09 bits per heavy atom. The molecule has 0 fully saturated rings. The van der Waals surface area contributed by atoms with E-state index in [1.807, 2.05) is 0 Å². The molecule has 4 atom stereocenters. The second kappa shape index (κ2) is 18.1. The molecular formula is C30H41N5O9S. The summed E-state index contributed by atoms with van der Waals surface area (Å²) in [7, 11) is 0. The molecule has 0 bridgehead atoms. The molecule has 2 rings (SSSR count). The molecule has 10 N–H and O–H groups in total. The molecule has 0 saturated carbocycles. The van der Waals surface area contributed by atoms with Crippen molar-refractivity contribution in [3.8, 4) is 5.75 Å². The molecule has 14 nitrogen and oxygen atoms in total. The smallest absolute Gasteiger partial charge is 0.249 e. The molecule has 0 aliphatic rings. The number of benzene rings is 2. The van der Waals surface area contributed by atoms with Crippen LogP contribution in [-0.2, 0) is 24.0 Å². The molecule has 2 aromatic rings. The van der Waals surface area contributed by atoms with Crippen molar-refractivity contribution >= 4 is 40.5 Å². The fraction of sp³-hybridized carbons (Fsp3) is 0.433. The number of aliphatic hydroxyl groups excluding tert-OH is 3. The SMILES string of the molecule is CC(C)(CO)[C@@H](O)C(=O)NCCC(=O)NCCSC(=O)C(NC(=O)[C@H](CO)NC(=O)[C@H](N)c1ccc(O)cc1)c1ccccc1. The van der Waals surface area contributed by atoms with Gasteiger partial charge in [0.1, 0.15) is 30.0 Å². The molecule has 1 unspecified atom stereocenters. The van der Waals surface area contributed by atoms with Crippen LogP contribution in [0.3, 0.4) is 0 Å². The fourth-order valence-electron chi connectivity index (χ4n) is 3.81. The van der Waals surface area contributed by atoms with Crippen LogP contribution in [0.4, 0.5) is 0 Å². The summed E-state index contributed by atoms with van der Waals surface area (Å²) in [5.74, 6) is -2.56. The van der Waals surface area contributed by atoms with E-state index in [9.17, 15) is 44.4 Å². The van der Waals surface area contributed by atoms with Gasteiger partial charge < -0.3 is 47.4 Å². The molecular weight excluding hydrogens is 606 g/mol. The summed E-state index contributed by atoms with van der Waals surface area (Å²) in [6, 6.07) is 10.2. The second-order valence-electron chi connectivity index (χ2n) is 10.8. The summed E-state index contributed by atoms with van der Waals surface area (Å²) in [5.41, 5.74) is 5.75. The number of phenols is 1. The third-order valence-corrected chi connectivity index (χ3v) is 7.65. The van der Waals surface area contributed by atoms with Crippen LogP contribution < -0.4 is 27.0 Å². The molecule has 15 heteroatoms. The third-order valence-electron chi connectivity index (χ3n) is 6.72. The van der Waals surface area contributed by atoms with Crippen LogP contribution in [0.15, 0.2) is 54.6 Å². The predicted octanol–water partition coefficient (Wildman–Crippen LogP) is -1.01. The number of nitrogens with two attached hydrogens (primary N) is 1. The van der Waals surface area contributed by atoms with Crippen LogP contribution in [0, 0.1) is 5.41 Å². The van der Waals surface area contributed by atoms with Crippen LogP contribution in [0.5, 0.6) is 5.75 Å². The number of thioether (sulfide) groups is 1. The van der Waals surface area contributed by atoms with Crippen LogP contribution in [0.25, 0.3) is 0 Å². The normalized spacial score (nSPS) is 13.9. The number of phenolic OH excluding ortho intramolecular Hbond substituents is 1. The molecule has 0 aromatic heterocycles. The van der Waals surface area contributed by atoms with Crippen molar-refractivity contribution in [2.75, 3.05) is 32.1 Å². The Hall–Kier alpha value is -4.02. The second-order valence-corrected chi connectivity index (χ2v) is 11.9. The van der Waals surface area contributed by atoms with E-state index in [2.05, 4.69) is 21.3 Å². The lowest BCUT2D eigenvalue weighted by molar-refractivity contribution is -0.137. The van der Waals surface area contributed by atoms with Gasteiger partial charge in [0.15, 0.2) is 0 Å². The number of amides is 4. The molecule has 0 spiro atoms. The maximum Gasteiger partial charge on any atom is 0.249 e. The first-order chi connectivity index (χ1) is 21.3. The van der Waals surface area contributed by atoms with Crippen molar-refractivity contribution in [2.45, 2.75) is 44.5 Å². The van der Waals surface area contributed by atoms with E-state index in [1.54, 1.807) is 30.3 Å². The highest BCUT2D eigenvalue weighted by Gasteiger charge is 2.33. The van der Waals surface area contributed by atoms with Crippen LogP contribution in [0.2, 0.25) is 0 Å². The highest BCUT2D eigenvalue weighted by molar-refractivity contribution is 8.13. The minimum absolute atomic E-state index is 0.0159. The molecule has 0 aliphatic carbocycles. The quantitative estimate of drug-likeness (QED) is 0.0942. The number of carbonyl (C=O) groups excluding carboxylic acids is 5. The Bertz CT molecular complexity index is 1290. The first-order valence-corrected chi connectivity index (χ1v) is 15.1. The standard InChI is InChI=1S/C30H41N5O9S/c1-30(2,17-37)25(40)28(43)33-13-12-22(39)32-14-15-45-29(44)24(19-6-4-3-5-7-19)35-26(41)21(16-36)34-27(42)23(31)18-8-10-20(38)11-9-18/h3-11,21,23-25,36-38,40H,12-17,31H2,1-2H3,(H,32,39)(H,33,43)(H,34,42)(H,35,41)/t21-,23+,24?,25-/m0/s1. The molecule has 246 valence electrons. The third kappa shape index (κ3) is 11.8. The number of hydrogen-bond acceptors (Lipinski definition) is 11. The molecule has 45 heavy (non-hydrogen) atoms. The van der Waals surface area contributed by atoms with Gasteiger partial charge in [0.05, 0.1) is 13.2 Å². The predicted molar refractivity (Wildman–Crippen MR) is 166 cm³/mol. The minimum Gasteiger partial charge on any atom is -0.508 e. The number of carbonyl (C=O) groups is 5. The average molecular weight is 648 g/mol. The largest absolute Gasteiger partial charge is 0.508 e. The van der Waals surface area contributed by atoms with E-state index in [-0.39, 0.29) is 31.0 Å². The summed E-state index contributed by atoms with van der Waals surface area (Å²) in [4.78, 5) is 63.0. The minimum atomic E-state index is -1.45. The molecule has 2 aromatic carbocycles. The maximum atomic E-state index is 13.2. The van der Waals surface area contributed by atoms with Crippen molar-refractivity contribution in [3.63, 3.8) is 0 Å². The highest BCUT2D eigenvalue weighted by Crippen LogP contribution is 2.21. The number of aliphatic hydroxyl groups is 3. The summed E-state index contributed by atoms with van der Waals surface area (Å²) < 4.78 is 0. The van der Waals surface area contributed by atoms with Gasteiger partial charge >= 0.3 is 0 Å². The van der Waals surface area contributed by atoms with Gasteiger partial charge in [-0.25, -0.2) is 0 Å². The van der Waals surface area contributed by atoms with Gasteiger partial charge in [-0.3, -0.25) is 24.0 Å². The highest BCUT2D eigenvalue weighted by atomic mass is 32.2. The Labute approximate surface area is 265 Å². The Kier molecular flexibility index (Phi) is 14.9. The van der Waals surface area contributed by atoms with E-state index in [4.69, 9.17) is 5.73 Å². The van der Waals surface area contributed by atoms with Crippen molar-refractivity contribution < 1.29 is 44.4 Å². The van der Waals surface area contributed by atoms with E-state index in [1.165, 1.54) is 38.1 Å². The van der Waals surface area contributed by atoms with Crippen molar-refractivity contribution in [1.82, 2.24) is 21.3 Å². The first-order valence-electron chi connectivity index (χ1n) is 14.1. The summed E-state index contributed by atoms with van der Waals surface area (Å²) >= 11 is 0.853. The van der Waals surface area contributed by atoms with Gasteiger partial charge in [-0.05, 0) is 23.3 Å². The number of nitrogens with one attached hydrogen (secondary N) is 4. The summed E-state index contributed by atoms with van der Waals surface area (Å²) in [6.45, 7) is 1.94. The maximum absolute atomic E-state index is 13.2. The average Bonchev–Trinajstić information content (AvgIpc) is 3.03. The van der Waals surface area contributed by atoms with E-state index in [0.29, 0.717) is 11.1 Å². The van der Waals surface area contributed by atoms with Crippen LogP contribution in [-0.4, -0.2) is 93.4 Å². The molecule has 0 saturated heterocycles. The Balaban J connectivity index is 1.90. The van der Waals surface area contributed by atoms with Gasteiger partial charge in [-0.15, -0.1) is 0 Å². The van der Waals surface area contributed by atoms with Gasteiger partial charge in [-0.2, -0.15) is 0 Å². The van der Waals surface area contributed by atoms with E-state index < -0.39 is 71.6 Å². The topological polar surface area (TPSA) is 240 Å². The lowest BCUT2D eigenvalue weighted by atomic mass is 9.87. The van der Waals surface area contributed by atoms with Crippen molar-refractivity contribution in [1.29, 1.82) is 0 Å². The zero-order valence-corrected chi connectivity index (χ0v) is 25.9. The van der Waals surface area contributed by atoms with Crippen LogP contribution in [0.1, 0.15) is 43.5 Å². The van der Waals surface area contributed by atoms with E-state index in [0.717, 1.165) is 11.8 Å². The van der Waals surface area contributed by atoms with Crippen molar-refractivity contribution in [2.24, 2.45) is 11.1 Å². The van der Waals surface area contributed by atoms with Crippen LogP contribution >= 0.6 is 11.8 Å². The Morgan fingerprint density at radius 1 is 0.844 bits per heavy atom. The van der Waals surface area contributed by atoms with Gasteiger partial charge in [0.2, 0.25) is 28.7 Å². The van der Waals surface area contributed by atoms with Gasteiger partial charge in [0, 0.05) is 30.7 Å². The lowest BCUT2D eigenvalue weighted by Gasteiger charge is -2.27. The monoisotopic (exact) mass is 647 g/mol. The van der Waals surface area contributed by atoms with Gasteiger partial charge in [0.25, 0.3) is 0 Å². The number of aromatic hydroxyl groups is 1. The van der Waals surface area contributed by atoms with E-state index >= 15 is 0 Å². The fourth-order valence-corrected chi connectivity index (χ4v) is 4.57. The molecule has 0 heterocycles. The Morgan fingerprint density at radius 2 is 1.49 bits per heavy atom. The number of hydrogen-bond donors (Lipinski definition) is 9. The lowest BCUT2D eigenvalue weighted by Crippen LogP contribution is -2.52. The first kappa shape index (κ1) is 37.2. The zero-order chi connectivity index (χ0) is 33.6. The van der Waals surface area contributed by atoms with Gasteiger partial charge in [-0.1, -0.05) is 68.1 Å².